The Morgan fingerprint density at radius 2 is 1.79 bits per heavy atom. The molecule has 8 nitrogen and oxygen atoms in total. The molecule has 2 N–H and O–H groups in total. The molecule has 2 amide bonds. The van der Waals surface area contributed by atoms with Crippen molar-refractivity contribution < 1.29 is 17.9 Å². The topological polar surface area (TPSA) is 101 Å². The number of nitrogens with one attached hydrogen (secondary N) is 2. The van der Waals surface area contributed by atoms with Crippen molar-refractivity contribution >= 4 is 38.4 Å². The Balaban J connectivity index is 1.53. The molecule has 0 atom stereocenters. The number of rotatable bonds is 8. The Morgan fingerprint density at radius 1 is 1.09 bits per heavy atom. The number of nitrogens with zero attached hydrogens (tertiary/aromatic N) is 2. The third kappa shape index (κ3) is 6.13. The highest BCUT2D eigenvalue weighted by Crippen LogP contribution is 2.33. The van der Waals surface area contributed by atoms with Crippen molar-refractivity contribution in [3.63, 3.8) is 0 Å². The second kappa shape index (κ2) is 11.0. The minimum atomic E-state index is -4.02. The van der Waals surface area contributed by atoms with E-state index in [1.807, 2.05) is 35.7 Å². The Morgan fingerprint density at radius 3 is 2.47 bits per heavy atom. The number of urea groups is 1. The number of thiazole rings is 1. The van der Waals surface area contributed by atoms with Crippen LogP contribution in [0.1, 0.15) is 32.1 Å². The summed E-state index contributed by atoms with van der Waals surface area (Å²) in [6.07, 6.45) is 5.42. The van der Waals surface area contributed by atoms with Crippen LogP contribution in [-0.4, -0.2) is 33.1 Å². The van der Waals surface area contributed by atoms with Gasteiger partial charge in [-0.25, -0.2) is 19.4 Å². The van der Waals surface area contributed by atoms with Crippen LogP contribution in [0.2, 0.25) is 0 Å². The molecule has 3 aromatic rings. The van der Waals surface area contributed by atoms with Crippen molar-refractivity contribution in [3.05, 3.63) is 60.0 Å². The molecule has 180 valence electrons. The number of aromatic nitrogens is 1. The molecule has 1 heterocycles. The molecule has 0 bridgehead atoms. The summed E-state index contributed by atoms with van der Waals surface area (Å²) in [5.74, 6) is 1.03. The van der Waals surface area contributed by atoms with Crippen LogP contribution in [0, 0.1) is 5.92 Å². The van der Waals surface area contributed by atoms with Gasteiger partial charge in [-0.05, 0) is 55.2 Å². The van der Waals surface area contributed by atoms with Crippen LogP contribution < -0.4 is 19.1 Å². The van der Waals surface area contributed by atoms with E-state index in [1.165, 1.54) is 22.7 Å². The number of ether oxygens (including phenoxy) is 1. The summed E-state index contributed by atoms with van der Waals surface area (Å²) in [6.45, 7) is 0.326. The zero-order chi connectivity index (χ0) is 24.0. The normalized spacial score (nSPS) is 14.5. The van der Waals surface area contributed by atoms with Crippen LogP contribution in [-0.2, 0) is 10.2 Å². The van der Waals surface area contributed by atoms with E-state index >= 15 is 0 Å². The van der Waals surface area contributed by atoms with Crippen molar-refractivity contribution in [2.45, 2.75) is 32.1 Å². The van der Waals surface area contributed by atoms with Crippen molar-refractivity contribution in [1.29, 1.82) is 0 Å². The summed E-state index contributed by atoms with van der Waals surface area (Å²) in [4.78, 5) is 19.1. The van der Waals surface area contributed by atoms with Crippen LogP contribution >= 0.6 is 11.3 Å². The van der Waals surface area contributed by atoms with Crippen LogP contribution in [0.25, 0.3) is 11.3 Å². The molecule has 2 aromatic carbocycles. The average Bonchev–Trinajstić information content (AvgIpc) is 3.33. The first-order valence-electron chi connectivity index (χ1n) is 11.2. The number of amides is 2. The van der Waals surface area contributed by atoms with Gasteiger partial charge in [0.1, 0.15) is 5.75 Å². The van der Waals surface area contributed by atoms with Crippen molar-refractivity contribution in [3.8, 4) is 17.0 Å². The summed E-state index contributed by atoms with van der Waals surface area (Å²) in [5, 5.41) is 2.19. The predicted molar refractivity (Wildman–Crippen MR) is 135 cm³/mol. The van der Waals surface area contributed by atoms with Gasteiger partial charge in [-0.2, -0.15) is 13.1 Å². The number of hydrogen-bond donors (Lipinski definition) is 2. The molecule has 1 aliphatic rings. The maximum Gasteiger partial charge on any atom is 0.342 e. The van der Waals surface area contributed by atoms with Gasteiger partial charge in [-0.1, -0.05) is 37.5 Å². The van der Waals surface area contributed by atoms with Crippen molar-refractivity contribution in [1.82, 2.24) is 14.4 Å². The summed E-state index contributed by atoms with van der Waals surface area (Å²) in [7, 11) is -2.42. The molecule has 1 aliphatic carbocycles. The molecule has 1 saturated carbocycles. The lowest BCUT2D eigenvalue weighted by Crippen LogP contribution is -2.47. The lowest BCUT2D eigenvalue weighted by molar-refractivity contribution is 0.253. The molecule has 34 heavy (non-hydrogen) atoms. The van der Waals surface area contributed by atoms with Gasteiger partial charge >= 0.3 is 16.2 Å². The standard InChI is InChI=1S/C24H28N4O4S2/c1-32-21-14-12-19(13-15-21)22-17-33-24(26-22)28(20-10-6-3-7-11-20)23(29)27-34(30,31)25-16-18-8-4-2-5-9-18/h3,6-7,10-15,17-18,25H,2,4-5,8-9,16H2,1H3,(H,27,29). The first-order chi connectivity index (χ1) is 16.4. The molecular weight excluding hydrogens is 472 g/mol. The third-order valence-corrected chi connectivity index (χ3v) is 7.61. The van der Waals surface area contributed by atoms with Gasteiger partial charge in [0, 0.05) is 17.5 Å². The Labute approximate surface area is 204 Å². The van der Waals surface area contributed by atoms with Gasteiger partial charge in [-0.3, -0.25) is 0 Å². The molecular formula is C24H28N4O4S2. The van der Waals surface area contributed by atoms with E-state index in [-0.39, 0.29) is 0 Å². The van der Waals surface area contributed by atoms with E-state index < -0.39 is 16.2 Å². The lowest BCUT2D eigenvalue weighted by Gasteiger charge is -2.23. The number of methoxy groups -OCH3 is 1. The molecule has 4 rings (SSSR count). The van der Waals surface area contributed by atoms with Gasteiger partial charge in [0.15, 0.2) is 5.13 Å². The van der Waals surface area contributed by atoms with E-state index in [1.54, 1.807) is 31.4 Å². The Hall–Kier alpha value is -2.95. The first kappa shape index (κ1) is 24.2. The highest BCUT2D eigenvalue weighted by molar-refractivity contribution is 7.88. The van der Waals surface area contributed by atoms with Gasteiger partial charge in [0.2, 0.25) is 0 Å². The number of hydrogen-bond acceptors (Lipinski definition) is 6. The highest BCUT2D eigenvalue weighted by atomic mass is 32.2. The monoisotopic (exact) mass is 500 g/mol. The van der Waals surface area contributed by atoms with Crippen molar-refractivity contribution in [2.24, 2.45) is 5.92 Å². The van der Waals surface area contributed by atoms with E-state index in [9.17, 15) is 13.2 Å². The second-order valence-corrected chi connectivity index (χ2v) is 10.5. The molecule has 1 fully saturated rings. The highest BCUT2D eigenvalue weighted by Gasteiger charge is 2.26. The van der Waals surface area contributed by atoms with Crippen LogP contribution in [0.4, 0.5) is 15.6 Å². The smallest absolute Gasteiger partial charge is 0.342 e. The summed E-state index contributed by atoms with van der Waals surface area (Å²) in [5.41, 5.74) is 2.05. The molecule has 1 aromatic heterocycles. The minimum Gasteiger partial charge on any atom is -0.497 e. The summed E-state index contributed by atoms with van der Waals surface area (Å²) in [6, 6.07) is 15.5. The second-order valence-electron chi connectivity index (χ2n) is 8.18. The largest absolute Gasteiger partial charge is 0.497 e. The molecule has 0 spiro atoms. The zero-order valence-corrected chi connectivity index (χ0v) is 20.6. The first-order valence-corrected chi connectivity index (χ1v) is 13.6. The van der Waals surface area contributed by atoms with E-state index in [0.29, 0.717) is 29.0 Å². The fourth-order valence-corrected chi connectivity index (χ4v) is 5.67. The van der Waals surface area contributed by atoms with Gasteiger partial charge in [-0.15, -0.1) is 11.3 Å². The lowest BCUT2D eigenvalue weighted by atomic mass is 9.90. The molecule has 0 unspecified atom stereocenters. The number of carbonyl (C=O) groups is 1. The van der Waals surface area contributed by atoms with E-state index in [0.717, 1.165) is 37.0 Å². The average molecular weight is 501 g/mol. The van der Waals surface area contributed by atoms with Crippen LogP contribution in [0.15, 0.2) is 60.0 Å². The Kier molecular flexibility index (Phi) is 7.81. The maximum atomic E-state index is 13.2. The minimum absolute atomic E-state index is 0.302. The molecule has 0 aliphatic heterocycles. The quantitative estimate of drug-likeness (QED) is 0.449. The van der Waals surface area contributed by atoms with Crippen LogP contribution in [0.3, 0.4) is 0 Å². The van der Waals surface area contributed by atoms with Crippen LogP contribution in [0.5, 0.6) is 5.75 Å². The number of para-hydroxylation sites is 1. The van der Waals surface area contributed by atoms with Gasteiger partial charge in [0.05, 0.1) is 18.5 Å². The SMILES string of the molecule is COc1ccc(-c2csc(N(C(=O)NS(=O)(=O)NCC3CCCCC3)c3ccccc3)n2)cc1. The Bertz CT molecular complexity index is 1190. The van der Waals surface area contributed by atoms with Crippen molar-refractivity contribution in [2.75, 3.05) is 18.6 Å². The summed E-state index contributed by atoms with van der Waals surface area (Å²) < 4.78 is 35.2. The molecule has 0 saturated heterocycles. The molecule has 10 heteroatoms. The predicted octanol–water partition coefficient (Wildman–Crippen LogP) is 5.08. The van der Waals surface area contributed by atoms with E-state index in [4.69, 9.17) is 4.74 Å². The van der Waals surface area contributed by atoms with E-state index in [2.05, 4.69) is 14.4 Å². The summed E-state index contributed by atoms with van der Waals surface area (Å²) >= 11 is 1.26. The third-order valence-electron chi connectivity index (χ3n) is 5.80. The van der Waals surface area contributed by atoms with Gasteiger partial charge in [0.25, 0.3) is 0 Å². The van der Waals surface area contributed by atoms with Gasteiger partial charge < -0.3 is 4.74 Å². The number of anilines is 2. The molecule has 0 radical (unpaired) electrons. The maximum absolute atomic E-state index is 13.2. The zero-order valence-electron chi connectivity index (χ0n) is 18.9. The number of carbonyl (C=O) groups excluding carboxylic acids is 1. The number of benzene rings is 2. The fraction of sp³-hybridized carbons (Fsp3) is 0.333. The fourth-order valence-electron chi connectivity index (χ4n) is 3.97.